The third-order valence-corrected chi connectivity index (χ3v) is 7.40. The van der Waals surface area contributed by atoms with E-state index in [0.717, 1.165) is 10.7 Å². The minimum absolute atomic E-state index is 0.0591. The molecule has 0 spiro atoms. The first kappa shape index (κ1) is 26.4. The molecule has 1 aromatic carbocycles. The Morgan fingerprint density at radius 1 is 1.18 bits per heavy atom. The number of sulfonamides is 1. The number of unbranched alkanes of at least 4 members (excludes halogenated alkanes) is 1. The average molecular weight is 501 g/mol. The number of nitrogens with one attached hydrogen (secondary N) is 1. The van der Waals surface area contributed by atoms with Crippen LogP contribution in [0.5, 0.6) is 5.75 Å². The van der Waals surface area contributed by atoms with Gasteiger partial charge in [-0.2, -0.15) is 4.31 Å². The summed E-state index contributed by atoms with van der Waals surface area (Å²) in [7, 11) is -2.76. The number of hydroxylamine groups is 1. The molecule has 12 heteroatoms. The van der Waals surface area contributed by atoms with Crippen LogP contribution in [0.4, 0.5) is 0 Å². The minimum atomic E-state index is -4.23. The molecule has 3 rings (SSSR count). The normalized spacial score (nSPS) is 26.5. The van der Waals surface area contributed by atoms with Gasteiger partial charge in [-0.25, -0.2) is 13.9 Å². The van der Waals surface area contributed by atoms with Gasteiger partial charge in [-0.3, -0.25) is 14.4 Å². The topological polar surface area (TPSA) is 130 Å². The van der Waals surface area contributed by atoms with E-state index in [9.17, 15) is 18.0 Å². The van der Waals surface area contributed by atoms with E-state index in [1.54, 1.807) is 13.8 Å². The molecule has 0 aliphatic carbocycles. The zero-order valence-electron chi connectivity index (χ0n) is 20.0. The third kappa shape index (κ3) is 5.69. The standard InChI is InChI=1S/C22H32N2O9S/c1-6-7-12-30-23-21(26)18-20-19(32-22(3,4)33-20)17(31-14(2)25)13-24(18)34(27,28)16-10-8-15(29-5)9-11-16/h8-11,17-20H,6-7,12-13H2,1-5H3,(H,23,26)/t17-,18-,19-,20-/m1/s1. The molecule has 0 radical (unpaired) electrons. The molecular weight excluding hydrogens is 468 g/mol. The molecule has 1 aromatic rings. The van der Waals surface area contributed by atoms with Crippen molar-refractivity contribution in [1.29, 1.82) is 0 Å². The van der Waals surface area contributed by atoms with E-state index in [-0.39, 0.29) is 18.0 Å². The molecule has 2 fully saturated rings. The van der Waals surface area contributed by atoms with Gasteiger partial charge in [-0.1, -0.05) is 13.3 Å². The maximum absolute atomic E-state index is 13.7. The number of hydrogen-bond acceptors (Lipinski definition) is 9. The van der Waals surface area contributed by atoms with Crippen LogP contribution in [0.1, 0.15) is 40.5 Å². The van der Waals surface area contributed by atoms with Crippen molar-refractivity contribution in [3.63, 3.8) is 0 Å². The van der Waals surface area contributed by atoms with Crippen LogP contribution in [0.2, 0.25) is 0 Å². The Kier molecular flexibility index (Phi) is 8.19. The summed E-state index contributed by atoms with van der Waals surface area (Å²) in [6, 6.07) is 4.44. The Hall–Kier alpha value is -2.25. The van der Waals surface area contributed by atoms with Crippen LogP contribution in [0, 0.1) is 0 Å². The summed E-state index contributed by atoms with van der Waals surface area (Å²) in [6.45, 7) is 6.45. The van der Waals surface area contributed by atoms with E-state index in [2.05, 4.69) is 5.48 Å². The molecule has 2 aliphatic rings. The maximum atomic E-state index is 13.7. The molecule has 2 heterocycles. The predicted octanol–water partition coefficient (Wildman–Crippen LogP) is 1.37. The Morgan fingerprint density at radius 3 is 2.41 bits per heavy atom. The smallest absolute Gasteiger partial charge is 0.303 e. The summed E-state index contributed by atoms with van der Waals surface area (Å²) in [5.74, 6) is -1.96. The lowest BCUT2D eigenvalue weighted by Gasteiger charge is -2.42. The first-order valence-corrected chi connectivity index (χ1v) is 12.5. The lowest BCUT2D eigenvalue weighted by Crippen LogP contribution is -2.66. The number of piperidine rings is 1. The van der Waals surface area contributed by atoms with Gasteiger partial charge in [0.2, 0.25) is 10.0 Å². The number of amides is 1. The van der Waals surface area contributed by atoms with Crippen LogP contribution in [-0.4, -0.2) is 75.0 Å². The fourth-order valence-electron chi connectivity index (χ4n) is 4.03. The third-order valence-electron chi connectivity index (χ3n) is 5.54. The van der Waals surface area contributed by atoms with Crippen molar-refractivity contribution in [3.8, 4) is 5.75 Å². The highest BCUT2D eigenvalue weighted by Gasteiger charge is 2.59. The number of nitrogens with zero attached hydrogens (tertiary/aromatic N) is 1. The van der Waals surface area contributed by atoms with Crippen LogP contribution in [0.25, 0.3) is 0 Å². The second-order valence-corrected chi connectivity index (χ2v) is 10.5. The zero-order valence-corrected chi connectivity index (χ0v) is 20.8. The molecule has 1 amide bonds. The first-order valence-electron chi connectivity index (χ1n) is 11.1. The summed E-state index contributed by atoms with van der Waals surface area (Å²) >= 11 is 0. The van der Waals surface area contributed by atoms with Crippen LogP contribution >= 0.6 is 0 Å². The lowest BCUT2D eigenvalue weighted by atomic mass is 9.95. The summed E-state index contributed by atoms with van der Waals surface area (Å²) in [5.41, 5.74) is 2.35. The fraction of sp³-hybridized carbons (Fsp3) is 0.636. The molecule has 0 aromatic heterocycles. The van der Waals surface area contributed by atoms with Crippen LogP contribution in [-0.2, 0) is 38.7 Å². The Labute approximate surface area is 199 Å². The van der Waals surface area contributed by atoms with Gasteiger partial charge in [0.05, 0.1) is 25.2 Å². The van der Waals surface area contributed by atoms with Crippen LogP contribution in [0.15, 0.2) is 29.2 Å². The van der Waals surface area contributed by atoms with E-state index in [0.29, 0.717) is 12.2 Å². The van der Waals surface area contributed by atoms with E-state index in [1.807, 2.05) is 6.92 Å². The van der Waals surface area contributed by atoms with Crippen LogP contribution in [0.3, 0.4) is 0 Å². The summed E-state index contributed by atoms with van der Waals surface area (Å²) in [6.07, 6.45) is -1.31. The number of benzene rings is 1. The largest absolute Gasteiger partial charge is 0.497 e. The van der Waals surface area contributed by atoms with Crippen molar-refractivity contribution in [2.24, 2.45) is 0 Å². The minimum Gasteiger partial charge on any atom is -0.497 e. The number of fused-ring (bicyclic) bond motifs is 1. The number of methoxy groups -OCH3 is 1. The fourth-order valence-corrected chi connectivity index (χ4v) is 5.64. The van der Waals surface area contributed by atoms with E-state index in [4.69, 9.17) is 23.8 Å². The quantitative estimate of drug-likeness (QED) is 0.303. The van der Waals surface area contributed by atoms with Crippen molar-refractivity contribution < 1.29 is 41.8 Å². The summed E-state index contributed by atoms with van der Waals surface area (Å²) < 4.78 is 50.8. The molecule has 0 bridgehead atoms. The Morgan fingerprint density at radius 2 is 1.82 bits per heavy atom. The molecule has 2 saturated heterocycles. The van der Waals surface area contributed by atoms with Gasteiger partial charge in [0.25, 0.3) is 5.91 Å². The van der Waals surface area contributed by atoms with Gasteiger partial charge in [0, 0.05) is 6.92 Å². The van der Waals surface area contributed by atoms with Crippen LogP contribution < -0.4 is 10.2 Å². The van der Waals surface area contributed by atoms with Crippen molar-refractivity contribution in [1.82, 2.24) is 9.79 Å². The van der Waals surface area contributed by atoms with Crippen molar-refractivity contribution in [3.05, 3.63) is 24.3 Å². The van der Waals surface area contributed by atoms with Gasteiger partial charge in [-0.15, -0.1) is 0 Å². The number of ether oxygens (including phenoxy) is 4. The molecule has 1 N–H and O–H groups in total. The van der Waals surface area contributed by atoms with Gasteiger partial charge in [-0.05, 0) is 44.5 Å². The van der Waals surface area contributed by atoms with Crippen molar-refractivity contribution in [2.75, 3.05) is 20.3 Å². The molecule has 4 atom stereocenters. The summed E-state index contributed by atoms with van der Waals surface area (Å²) in [5, 5.41) is 0. The number of esters is 1. The SMILES string of the molecule is CCCCONC(=O)[C@H]1[C@H]2OC(C)(C)O[C@@H]2[C@H](OC(C)=O)CN1S(=O)(=O)c1ccc(OC)cc1. The Bertz CT molecular complexity index is 981. The molecule has 190 valence electrons. The van der Waals surface area contributed by atoms with Crippen molar-refractivity contribution in [2.45, 2.75) is 75.6 Å². The van der Waals surface area contributed by atoms with Gasteiger partial charge >= 0.3 is 5.97 Å². The number of hydrogen-bond donors (Lipinski definition) is 1. The predicted molar refractivity (Wildman–Crippen MR) is 119 cm³/mol. The highest BCUT2D eigenvalue weighted by atomic mass is 32.2. The van der Waals surface area contributed by atoms with Gasteiger partial charge in [0.15, 0.2) is 5.79 Å². The molecule has 11 nitrogen and oxygen atoms in total. The molecule has 0 unspecified atom stereocenters. The number of rotatable bonds is 9. The zero-order chi connectivity index (χ0) is 25.1. The molecule has 2 aliphatic heterocycles. The first-order chi connectivity index (χ1) is 16.0. The number of carbonyl (C=O) groups is 2. The molecular formula is C22H32N2O9S. The lowest BCUT2D eigenvalue weighted by molar-refractivity contribution is -0.169. The highest BCUT2D eigenvalue weighted by Crippen LogP contribution is 2.39. The van der Waals surface area contributed by atoms with Crippen molar-refractivity contribution >= 4 is 21.9 Å². The number of carbonyl (C=O) groups excluding carboxylic acids is 2. The second kappa shape index (κ2) is 10.6. The summed E-state index contributed by atoms with van der Waals surface area (Å²) in [4.78, 5) is 30.2. The highest BCUT2D eigenvalue weighted by molar-refractivity contribution is 7.89. The van der Waals surface area contributed by atoms with E-state index >= 15 is 0 Å². The average Bonchev–Trinajstić information content (AvgIpc) is 3.11. The van der Waals surface area contributed by atoms with Gasteiger partial charge < -0.3 is 18.9 Å². The van der Waals surface area contributed by atoms with Gasteiger partial charge in [0.1, 0.15) is 30.1 Å². The van der Waals surface area contributed by atoms with E-state index < -0.39 is 52.0 Å². The van der Waals surface area contributed by atoms with E-state index in [1.165, 1.54) is 38.3 Å². The molecule has 34 heavy (non-hydrogen) atoms. The maximum Gasteiger partial charge on any atom is 0.303 e. The second-order valence-electron chi connectivity index (χ2n) is 8.58. The Balaban J connectivity index is 2.00. The monoisotopic (exact) mass is 500 g/mol. The molecule has 0 saturated carbocycles.